The Morgan fingerprint density at radius 1 is 1.26 bits per heavy atom. The molecule has 0 saturated heterocycles. The number of nitriles is 1. The topological polar surface area (TPSA) is 45.0 Å². The highest BCUT2D eigenvalue weighted by atomic mass is 16.5. The quantitative estimate of drug-likeness (QED) is 0.885. The fourth-order valence-electron chi connectivity index (χ4n) is 2.23. The van der Waals surface area contributed by atoms with E-state index >= 15 is 0 Å². The van der Waals surface area contributed by atoms with Crippen molar-refractivity contribution < 1.29 is 4.74 Å². The van der Waals surface area contributed by atoms with E-state index in [1.807, 2.05) is 13.8 Å². The zero-order valence-electron chi connectivity index (χ0n) is 12.8. The van der Waals surface area contributed by atoms with Gasteiger partial charge in [-0.15, -0.1) is 0 Å². The van der Waals surface area contributed by atoms with Crippen molar-refractivity contribution in [3.8, 4) is 11.8 Å². The maximum atomic E-state index is 8.99. The molecule has 0 amide bonds. The predicted molar refractivity (Wildman–Crippen MR) is 78.6 cm³/mol. The molecule has 0 unspecified atom stereocenters. The van der Waals surface area contributed by atoms with Crippen molar-refractivity contribution >= 4 is 0 Å². The molecule has 1 rings (SSSR count). The van der Waals surface area contributed by atoms with Crippen LogP contribution in [0.25, 0.3) is 0 Å². The van der Waals surface area contributed by atoms with Crippen LogP contribution in [0.15, 0.2) is 6.07 Å². The highest BCUT2D eigenvalue weighted by Gasteiger charge is 2.16. The van der Waals surface area contributed by atoms with Gasteiger partial charge in [-0.2, -0.15) is 5.26 Å². The molecule has 0 aliphatic rings. The second-order valence-corrected chi connectivity index (χ2v) is 5.56. The van der Waals surface area contributed by atoms with Gasteiger partial charge < -0.3 is 4.74 Å². The zero-order chi connectivity index (χ0) is 14.6. The van der Waals surface area contributed by atoms with Crippen LogP contribution in [0.1, 0.15) is 36.1 Å². The van der Waals surface area contributed by atoms with Crippen molar-refractivity contribution in [2.75, 3.05) is 13.7 Å². The van der Waals surface area contributed by atoms with Crippen LogP contribution in [0, 0.1) is 32.1 Å². The number of aryl methyl sites for hydroxylation is 2. The van der Waals surface area contributed by atoms with Gasteiger partial charge in [-0.05, 0) is 63.3 Å². The first-order valence-corrected chi connectivity index (χ1v) is 6.62. The second kappa shape index (κ2) is 6.08. The fourth-order valence-corrected chi connectivity index (χ4v) is 2.23. The van der Waals surface area contributed by atoms with Gasteiger partial charge in [0.05, 0.1) is 13.2 Å². The maximum absolute atomic E-state index is 8.99. The molecule has 19 heavy (non-hydrogen) atoms. The van der Waals surface area contributed by atoms with Crippen LogP contribution in [0.2, 0.25) is 0 Å². The predicted octanol–water partition coefficient (Wildman–Crippen LogP) is 3.05. The van der Waals surface area contributed by atoms with Crippen molar-refractivity contribution in [3.63, 3.8) is 0 Å². The molecule has 0 heterocycles. The van der Waals surface area contributed by atoms with Crippen molar-refractivity contribution in [2.45, 2.75) is 46.6 Å². The normalized spacial score (nSPS) is 11.2. The first kappa shape index (κ1) is 15.5. The van der Waals surface area contributed by atoms with E-state index in [2.05, 4.69) is 38.2 Å². The Balaban J connectivity index is 2.90. The lowest BCUT2D eigenvalue weighted by Crippen LogP contribution is -2.38. The van der Waals surface area contributed by atoms with Crippen LogP contribution in [0.4, 0.5) is 0 Å². The number of hydrogen-bond donors (Lipinski definition) is 1. The fraction of sp³-hybridized carbons (Fsp3) is 0.562. The number of nitrogens with zero attached hydrogens (tertiary/aromatic N) is 1. The van der Waals surface area contributed by atoms with E-state index in [-0.39, 0.29) is 0 Å². The molecule has 0 radical (unpaired) electrons. The van der Waals surface area contributed by atoms with Gasteiger partial charge in [-0.3, -0.25) is 5.32 Å². The summed E-state index contributed by atoms with van der Waals surface area (Å²) in [6, 6.07) is 4.45. The van der Waals surface area contributed by atoms with E-state index < -0.39 is 5.54 Å². The smallest absolute Gasteiger partial charge is 0.125 e. The van der Waals surface area contributed by atoms with Crippen LogP contribution in [0.3, 0.4) is 0 Å². The number of methoxy groups -OCH3 is 1. The SMILES string of the molecule is COc1c(C)c(C)cc(C)c1CCNC(C)(C)C#N. The molecule has 3 heteroatoms. The Morgan fingerprint density at radius 3 is 2.42 bits per heavy atom. The lowest BCUT2D eigenvalue weighted by atomic mass is 9.96. The van der Waals surface area contributed by atoms with Crippen molar-refractivity contribution in [2.24, 2.45) is 0 Å². The summed E-state index contributed by atoms with van der Waals surface area (Å²) in [4.78, 5) is 0. The third kappa shape index (κ3) is 3.71. The summed E-state index contributed by atoms with van der Waals surface area (Å²) >= 11 is 0. The molecule has 3 nitrogen and oxygen atoms in total. The summed E-state index contributed by atoms with van der Waals surface area (Å²) in [5.41, 5.74) is 4.44. The van der Waals surface area contributed by atoms with Crippen molar-refractivity contribution in [3.05, 3.63) is 28.3 Å². The summed E-state index contributed by atoms with van der Waals surface area (Å²) in [6.45, 7) is 10.8. The van der Waals surface area contributed by atoms with Gasteiger partial charge in [0.2, 0.25) is 0 Å². The number of ether oxygens (including phenoxy) is 1. The molecule has 1 aromatic rings. The summed E-state index contributed by atoms with van der Waals surface area (Å²) in [5.74, 6) is 0.981. The van der Waals surface area contributed by atoms with Crippen LogP contribution in [-0.4, -0.2) is 19.2 Å². The molecule has 0 aliphatic carbocycles. The Labute approximate surface area is 116 Å². The maximum Gasteiger partial charge on any atom is 0.125 e. The largest absolute Gasteiger partial charge is 0.496 e. The highest BCUT2D eigenvalue weighted by molar-refractivity contribution is 5.49. The van der Waals surface area contributed by atoms with Crippen molar-refractivity contribution in [1.82, 2.24) is 5.32 Å². The number of benzene rings is 1. The average Bonchev–Trinajstić information content (AvgIpc) is 2.35. The van der Waals surface area contributed by atoms with Crippen LogP contribution in [-0.2, 0) is 6.42 Å². The lowest BCUT2D eigenvalue weighted by Gasteiger charge is -2.20. The third-order valence-electron chi connectivity index (χ3n) is 3.54. The molecule has 104 valence electrons. The van der Waals surface area contributed by atoms with E-state index in [0.717, 1.165) is 18.7 Å². The third-order valence-corrected chi connectivity index (χ3v) is 3.54. The van der Waals surface area contributed by atoms with Gasteiger partial charge in [0.15, 0.2) is 0 Å². The van der Waals surface area contributed by atoms with E-state index in [1.54, 1.807) is 7.11 Å². The molecule has 0 spiro atoms. The Bertz CT molecular complexity index is 498. The standard InChI is InChI=1S/C16H24N2O/c1-11-9-12(2)14(15(19-6)13(11)3)7-8-18-16(4,5)10-17/h9,18H,7-8H2,1-6H3. The Hall–Kier alpha value is -1.53. The van der Waals surface area contributed by atoms with Gasteiger partial charge in [0.25, 0.3) is 0 Å². The van der Waals surface area contributed by atoms with Gasteiger partial charge in [0.1, 0.15) is 11.3 Å². The first-order chi connectivity index (χ1) is 8.82. The zero-order valence-corrected chi connectivity index (χ0v) is 12.8. The van der Waals surface area contributed by atoms with E-state index in [9.17, 15) is 0 Å². The number of nitrogens with one attached hydrogen (secondary N) is 1. The van der Waals surface area contributed by atoms with E-state index in [4.69, 9.17) is 10.00 Å². The molecule has 0 atom stereocenters. The van der Waals surface area contributed by atoms with Gasteiger partial charge >= 0.3 is 0 Å². The molecule has 0 bridgehead atoms. The minimum Gasteiger partial charge on any atom is -0.496 e. The lowest BCUT2D eigenvalue weighted by molar-refractivity contribution is 0.403. The van der Waals surface area contributed by atoms with Gasteiger partial charge in [-0.1, -0.05) is 6.07 Å². The van der Waals surface area contributed by atoms with Crippen molar-refractivity contribution in [1.29, 1.82) is 5.26 Å². The van der Waals surface area contributed by atoms with Gasteiger partial charge in [0, 0.05) is 6.54 Å². The highest BCUT2D eigenvalue weighted by Crippen LogP contribution is 2.29. The summed E-state index contributed by atoms with van der Waals surface area (Å²) in [6.07, 6.45) is 0.862. The minimum atomic E-state index is -0.485. The number of hydrogen-bond acceptors (Lipinski definition) is 3. The van der Waals surface area contributed by atoms with Crippen LogP contribution in [0.5, 0.6) is 5.75 Å². The Kier molecular flexibility index (Phi) is 4.97. The molecule has 0 saturated carbocycles. The molecule has 0 aliphatic heterocycles. The molecule has 0 fully saturated rings. The molecule has 1 aromatic carbocycles. The summed E-state index contributed by atoms with van der Waals surface area (Å²) in [5, 5.41) is 12.2. The van der Waals surface area contributed by atoms with E-state index in [1.165, 1.54) is 22.3 Å². The van der Waals surface area contributed by atoms with Crippen LogP contribution >= 0.6 is 0 Å². The Morgan fingerprint density at radius 2 is 1.89 bits per heavy atom. The van der Waals surface area contributed by atoms with Gasteiger partial charge in [-0.25, -0.2) is 0 Å². The van der Waals surface area contributed by atoms with E-state index in [0.29, 0.717) is 0 Å². The molecular formula is C16H24N2O. The monoisotopic (exact) mass is 260 g/mol. The minimum absolute atomic E-state index is 0.485. The second-order valence-electron chi connectivity index (χ2n) is 5.56. The molecule has 0 aromatic heterocycles. The number of rotatable bonds is 5. The summed E-state index contributed by atoms with van der Waals surface area (Å²) in [7, 11) is 1.72. The van der Waals surface area contributed by atoms with Crippen LogP contribution < -0.4 is 10.1 Å². The molecular weight excluding hydrogens is 236 g/mol. The average molecular weight is 260 g/mol. The summed E-state index contributed by atoms with van der Waals surface area (Å²) < 4.78 is 5.55. The molecule has 1 N–H and O–H groups in total. The first-order valence-electron chi connectivity index (χ1n) is 6.62.